The van der Waals surface area contributed by atoms with E-state index in [1.165, 1.54) is 10.6 Å². The number of rotatable bonds is 4. The molecule has 0 aliphatic carbocycles. The Balaban J connectivity index is 2.14. The van der Waals surface area contributed by atoms with Gasteiger partial charge in [0.25, 0.3) is 0 Å². The summed E-state index contributed by atoms with van der Waals surface area (Å²) in [6.07, 6.45) is 0. The Kier molecular flexibility index (Phi) is 4.44. The second-order valence-electron chi connectivity index (χ2n) is 4.07. The van der Waals surface area contributed by atoms with Gasteiger partial charge in [-0.2, -0.15) is 0 Å². The standard InChI is InChI=1S/C14H16N2S2/c1-16(2)12-8-4-6-10-14(12)18-17-13-9-5-3-7-11(13)15/h3-10H,15H2,1-2H3. The Labute approximate surface area is 116 Å². The molecule has 0 aliphatic heterocycles. The van der Waals surface area contributed by atoms with Gasteiger partial charge in [-0.25, -0.2) is 0 Å². The summed E-state index contributed by atoms with van der Waals surface area (Å²) in [5.74, 6) is 0. The van der Waals surface area contributed by atoms with Crippen LogP contribution in [0, 0.1) is 0 Å². The molecular formula is C14H16N2S2. The number of benzene rings is 2. The SMILES string of the molecule is CN(C)c1ccccc1SSc1ccccc1N. The Bertz CT molecular complexity index is 527. The van der Waals surface area contributed by atoms with E-state index < -0.39 is 0 Å². The van der Waals surface area contributed by atoms with Gasteiger partial charge in [-0.15, -0.1) is 0 Å². The number of hydrogen-bond acceptors (Lipinski definition) is 4. The summed E-state index contributed by atoms with van der Waals surface area (Å²) in [5, 5.41) is 0. The van der Waals surface area contributed by atoms with Crippen molar-refractivity contribution in [2.45, 2.75) is 9.79 Å². The van der Waals surface area contributed by atoms with Crippen LogP contribution in [0.4, 0.5) is 11.4 Å². The van der Waals surface area contributed by atoms with E-state index in [2.05, 4.69) is 43.3 Å². The molecule has 0 heterocycles. The van der Waals surface area contributed by atoms with Crippen LogP contribution < -0.4 is 10.6 Å². The first-order chi connectivity index (χ1) is 8.68. The summed E-state index contributed by atoms with van der Waals surface area (Å²) in [7, 11) is 7.55. The van der Waals surface area contributed by atoms with Gasteiger partial charge in [0.15, 0.2) is 0 Å². The van der Waals surface area contributed by atoms with Crippen molar-refractivity contribution >= 4 is 33.0 Å². The highest BCUT2D eigenvalue weighted by Crippen LogP contribution is 2.43. The fourth-order valence-corrected chi connectivity index (χ4v) is 3.91. The van der Waals surface area contributed by atoms with Crippen LogP contribution in [-0.2, 0) is 0 Å². The Morgan fingerprint density at radius 1 is 0.833 bits per heavy atom. The van der Waals surface area contributed by atoms with Crippen LogP contribution in [0.3, 0.4) is 0 Å². The number of para-hydroxylation sites is 2. The first kappa shape index (κ1) is 13.2. The third kappa shape index (κ3) is 3.15. The molecule has 0 bridgehead atoms. The average Bonchev–Trinajstić information content (AvgIpc) is 2.38. The van der Waals surface area contributed by atoms with E-state index in [0.717, 1.165) is 10.6 Å². The van der Waals surface area contributed by atoms with Gasteiger partial charge in [-0.3, -0.25) is 0 Å². The van der Waals surface area contributed by atoms with Crippen molar-refractivity contribution in [2.24, 2.45) is 0 Å². The van der Waals surface area contributed by atoms with Crippen LogP contribution in [-0.4, -0.2) is 14.1 Å². The van der Waals surface area contributed by atoms with E-state index in [0.29, 0.717) is 0 Å². The monoisotopic (exact) mass is 276 g/mol. The summed E-state index contributed by atoms with van der Waals surface area (Å²) >= 11 is 0. The summed E-state index contributed by atoms with van der Waals surface area (Å²) < 4.78 is 0. The van der Waals surface area contributed by atoms with Crippen molar-refractivity contribution in [1.29, 1.82) is 0 Å². The molecule has 0 aromatic heterocycles. The van der Waals surface area contributed by atoms with Crippen LogP contribution in [0.1, 0.15) is 0 Å². The average molecular weight is 276 g/mol. The van der Waals surface area contributed by atoms with Crippen LogP contribution in [0.2, 0.25) is 0 Å². The smallest absolute Gasteiger partial charge is 0.0508 e. The van der Waals surface area contributed by atoms with E-state index in [9.17, 15) is 0 Å². The van der Waals surface area contributed by atoms with Crippen molar-refractivity contribution < 1.29 is 0 Å². The molecule has 2 aromatic rings. The zero-order chi connectivity index (χ0) is 13.0. The molecule has 0 fully saturated rings. The fourth-order valence-electron chi connectivity index (χ4n) is 1.54. The number of nitrogens with two attached hydrogens (primary N) is 1. The molecule has 0 aliphatic rings. The maximum Gasteiger partial charge on any atom is 0.0508 e. The largest absolute Gasteiger partial charge is 0.398 e. The number of nitrogen functional groups attached to an aromatic ring is 1. The van der Waals surface area contributed by atoms with Crippen molar-refractivity contribution in [3.05, 3.63) is 48.5 Å². The molecule has 0 spiro atoms. The quantitative estimate of drug-likeness (QED) is 0.671. The minimum Gasteiger partial charge on any atom is -0.398 e. The van der Waals surface area contributed by atoms with Crippen LogP contribution in [0.15, 0.2) is 58.3 Å². The van der Waals surface area contributed by atoms with Crippen LogP contribution >= 0.6 is 21.6 Å². The second kappa shape index (κ2) is 6.07. The van der Waals surface area contributed by atoms with Gasteiger partial charge < -0.3 is 10.6 Å². The van der Waals surface area contributed by atoms with Gasteiger partial charge in [0.05, 0.1) is 5.69 Å². The second-order valence-corrected chi connectivity index (χ2v) is 6.28. The molecule has 2 aromatic carbocycles. The van der Waals surface area contributed by atoms with Gasteiger partial charge in [0.1, 0.15) is 0 Å². The highest BCUT2D eigenvalue weighted by molar-refractivity contribution is 8.76. The molecule has 0 amide bonds. The number of nitrogens with zero attached hydrogens (tertiary/aromatic N) is 1. The minimum atomic E-state index is 0.831. The molecule has 0 unspecified atom stereocenters. The zero-order valence-corrected chi connectivity index (χ0v) is 12.1. The highest BCUT2D eigenvalue weighted by Gasteiger charge is 2.06. The lowest BCUT2D eigenvalue weighted by Gasteiger charge is -2.16. The van der Waals surface area contributed by atoms with Crippen LogP contribution in [0.5, 0.6) is 0 Å². The minimum absolute atomic E-state index is 0.831. The molecule has 2 rings (SSSR count). The lowest BCUT2D eigenvalue weighted by atomic mass is 10.3. The molecule has 2 N–H and O–H groups in total. The lowest BCUT2D eigenvalue weighted by Crippen LogP contribution is -2.09. The van der Waals surface area contributed by atoms with Crippen molar-refractivity contribution in [3.63, 3.8) is 0 Å². The van der Waals surface area contributed by atoms with Crippen molar-refractivity contribution in [1.82, 2.24) is 0 Å². The Morgan fingerprint density at radius 2 is 1.39 bits per heavy atom. The van der Waals surface area contributed by atoms with E-state index in [-0.39, 0.29) is 0 Å². The molecule has 0 saturated carbocycles. The van der Waals surface area contributed by atoms with Gasteiger partial charge in [0, 0.05) is 29.6 Å². The summed E-state index contributed by atoms with van der Waals surface area (Å²) in [6.45, 7) is 0. The fraction of sp³-hybridized carbons (Fsp3) is 0.143. The first-order valence-corrected chi connectivity index (χ1v) is 7.79. The van der Waals surface area contributed by atoms with Gasteiger partial charge >= 0.3 is 0 Å². The van der Waals surface area contributed by atoms with Crippen molar-refractivity contribution in [3.8, 4) is 0 Å². The Hall–Kier alpha value is -1.26. The predicted molar refractivity (Wildman–Crippen MR) is 83.3 cm³/mol. The molecule has 18 heavy (non-hydrogen) atoms. The van der Waals surface area contributed by atoms with E-state index in [1.54, 1.807) is 21.6 Å². The molecule has 0 atom stereocenters. The van der Waals surface area contributed by atoms with Gasteiger partial charge in [-0.05, 0) is 24.3 Å². The first-order valence-electron chi connectivity index (χ1n) is 5.64. The van der Waals surface area contributed by atoms with Gasteiger partial charge in [0.2, 0.25) is 0 Å². The normalized spacial score (nSPS) is 10.3. The van der Waals surface area contributed by atoms with Gasteiger partial charge in [-0.1, -0.05) is 45.9 Å². The third-order valence-electron chi connectivity index (χ3n) is 2.49. The number of anilines is 2. The molecular weight excluding hydrogens is 260 g/mol. The lowest BCUT2D eigenvalue weighted by molar-refractivity contribution is 1.10. The topological polar surface area (TPSA) is 29.3 Å². The van der Waals surface area contributed by atoms with E-state index in [4.69, 9.17) is 5.73 Å². The molecule has 94 valence electrons. The predicted octanol–water partition coefficient (Wildman–Crippen LogP) is 4.13. The van der Waals surface area contributed by atoms with Crippen molar-refractivity contribution in [2.75, 3.05) is 24.7 Å². The van der Waals surface area contributed by atoms with E-state index in [1.807, 2.05) is 24.3 Å². The molecule has 2 nitrogen and oxygen atoms in total. The highest BCUT2D eigenvalue weighted by atomic mass is 33.1. The maximum absolute atomic E-state index is 5.94. The molecule has 0 radical (unpaired) electrons. The Morgan fingerprint density at radius 3 is 2.06 bits per heavy atom. The maximum atomic E-state index is 5.94. The summed E-state index contributed by atoms with van der Waals surface area (Å²) in [4.78, 5) is 4.48. The number of hydrogen-bond donors (Lipinski definition) is 1. The molecule has 0 saturated heterocycles. The molecule has 4 heteroatoms. The third-order valence-corrected chi connectivity index (χ3v) is 4.97. The van der Waals surface area contributed by atoms with Crippen LogP contribution in [0.25, 0.3) is 0 Å². The summed E-state index contributed by atoms with van der Waals surface area (Å²) in [5.41, 5.74) is 8.00. The zero-order valence-electron chi connectivity index (χ0n) is 10.5. The summed E-state index contributed by atoms with van der Waals surface area (Å²) in [6, 6.07) is 16.3. The van der Waals surface area contributed by atoms with E-state index >= 15 is 0 Å².